The summed E-state index contributed by atoms with van der Waals surface area (Å²) in [6.07, 6.45) is -12.5. The fourth-order valence-electron chi connectivity index (χ4n) is 2.49. The Hall–Kier alpha value is -2.56. The summed E-state index contributed by atoms with van der Waals surface area (Å²) in [6, 6.07) is 0. The quantitative estimate of drug-likeness (QED) is 0.192. The molecule has 0 N–H and O–H groups in total. The van der Waals surface area contributed by atoms with Crippen molar-refractivity contribution in [3.8, 4) is 0 Å². The number of hydrogen-bond acceptors (Lipinski definition) is 6. The van der Waals surface area contributed by atoms with Crippen LogP contribution in [0.1, 0.15) is 33.6 Å². The van der Waals surface area contributed by atoms with E-state index in [0.29, 0.717) is 0 Å². The van der Waals surface area contributed by atoms with E-state index in [-0.39, 0.29) is 20.8 Å². The van der Waals surface area contributed by atoms with Gasteiger partial charge >= 0.3 is 56.1 Å². The normalized spacial score (nSPS) is 15.0. The highest BCUT2D eigenvalue weighted by Crippen LogP contribution is 2.63. The van der Waals surface area contributed by atoms with Crippen molar-refractivity contribution in [3.63, 3.8) is 0 Å². The lowest BCUT2D eigenvalue weighted by atomic mass is 9.90. The number of hydrogen-bond donors (Lipinski definition) is 0. The minimum Gasteiger partial charge on any atom is -0.452 e. The second-order valence-corrected chi connectivity index (χ2v) is 9.96. The van der Waals surface area contributed by atoms with Crippen LogP contribution in [0.25, 0.3) is 0 Å². The van der Waals surface area contributed by atoms with E-state index in [0.717, 1.165) is 0 Å². The van der Waals surface area contributed by atoms with Crippen molar-refractivity contribution in [2.75, 3.05) is 0 Å². The van der Waals surface area contributed by atoms with Crippen LogP contribution in [0.15, 0.2) is 0 Å². The molecule has 6 nitrogen and oxygen atoms in total. The molecule has 0 aliphatic rings. The fourth-order valence-corrected chi connectivity index (χ4v) is 4.68. The summed E-state index contributed by atoms with van der Waals surface area (Å²) < 4.78 is 243. The maximum atomic E-state index is 14.8. The van der Waals surface area contributed by atoms with Gasteiger partial charge in [-0.3, -0.25) is 14.4 Å². The zero-order valence-corrected chi connectivity index (χ0v) is 20.3. The largest absolute Gasteiger partial charge is 0.786 e. The molecule has 0 saturated carbocycles. The van der Waals surface area contributed by atoms with Gasteiger partial charge in [0.15, 0.2) is 0 Å². The molecule has 0 spiro atoms. The first-order valence-electron chi connectivity index (χ1n) is 9.51. The molecule has 0 saturated heterocycles. The Morgan fingerprint density at radius 3 is 1.02 bits per heavy atom. The molecule has 0 aromatic heterocycles. The minimum absolute atomic E-state index is 0.0482. The van der Waals surface area contributed by atoms with Gasteiger partial charge in [-0.15, -0.1) is 0 Å². The summed E-state index contributed by atoms with van der Waals surface area (Å²) >= 11 is 0. The Morgan fingerprint density at radius 1 is 0.475 bits per heavy atom. The number of carbonyl (C=O) groups is 3. The van der Waals surface area contributed by atoms with Gasteiger partial charge in [0, 0.05) is 33.6 Å². The van der Waals surface area contributed by atoms with Crippen molar-refractivity contribution in [3.05, 3.63) is 0 Å². The summed E-state index contributed by atoms with van der Waals surface area (Å²) in [5.74, 6) is -56.4. The van der Waals surface area contributed by atoms with Crippen LogP contribution in [0.3, 0.4) is 0 Å². The van der Waals surface area contributed by atoms with Crippen LogP contribution < -0.4 is 0 Å². The van der Waals surface area contributed by atoms with Gasteiger partial charge in [0.25, 0.3) is 17.9 Å². The Balaban J connectivity index is 7.24. The highest BCUT2D eigenvalue weighted by Gasteiger charge is 2.98. The SMILES string of the molecule is CC(=O)O[Si](OC(C)=O)(OC(C)=O)C(F)(F)C(F)(F)C(F)(F)C(F)(F)C(F)(F)C(F)(F)C(F)(F)CCC(F)(F)F. The van der Waals surface area contributed by atoms with Gasteiger partial charge in [-0.1, -0.05) is 0 Å². The van der Waals surface area contributed by atoms with Crippen molar-refractivity contribution in [2.24, 2.45) is 0 Å². The molecule has 0 fully saturated rings. The standard InChI is InChI=1S/C16H13F17O6Si/c1-6(34)37-40(38-7(2)35,39-8(3)36)16(32,33)15(30,31)14(28,29)13(26,27)12(24,25)11(22,23)9(17,18)4-5-10(19,20)21/h4-5H2,1-3H3. The first kappa shape index (κ1) is 37.4. The van der Waals surface area contributed by atoms with Gasteiger partial charge in [-0.25, -0.2) is 0 Å². The summed E-state index contributed by atoms with van der Waals surface area (Å²) in [6.45, 7) is -0.145. The van der Waals surface area contributed by atoms with Gasteiger partial charge < -0.3 is 13.3 Å². The third-order valence-corrected chi connectivity index (χ3v) is 7.12. The van der Waals surface area contributed by atoms with E-state index in [2.05, 4.69) is 13.3 Å². The van der Waals surface area contributed by atoms with Crippen LogP contribution >= 0.6 is 0 Å². The number of carbonyl (C=O) groups excluding carboxylic acids is 3. The van der Waals surface area contributed by atoms with Crippen LogP contribution in [0.2, 0.25) is 0 Å². The molecule has 236 valence electrons. The van der Waals surface area contributed by atoms with Crippen molar-refractivity contribution in [1.29, 1.82) is 0 Å². The average molecular weight is 652 g/mol. The molecule has 0 aliphatic heterocycles. The topological polar surface area (TPSA) is 78.9 Å². The van der Waals surface area contributed by atoms with E-state index in [1.54, 1.807) is 0 Å². The number of rotatable bonds is 12. The van der Waals surface area contributed by atoms with E-state index in [9.17, 15) is 89.0 Å². The van der Waals surface area contributed by atoms with E-state index >= 15 is 0 Å². The lowest BCUT2D eigenvalue weighted by molar-refractivity contribution is -0.438. The van der Waals surface area contributed by atoms with E-state index < -0.39 is 86.8 Å². The van der Waals surface area contributed by atoms with E-state index in [4.69, 9.17) is 0 Å². The zero-order chi connectivity index (χ0) is 32.8. The molecule has 0 atom stereocenters. The van der Waals surface area contributed by atoms with Gasteiger partial charge in [-0.05, 0) is 0 Å². The Labute approximate surface area is 211 Å². The second kappa shape index (κ2) is 10.7. The molecular weight excluding hydrogens is 639 g/mol. The summed E-state index contributed by atoms with van der Waals surface area (Å²) in [4.78, 5) is 33.3. The molecule has 24 heteroatoms. The van der Waals surface area contributed by atoms with Crippen molar-refractivity contribution in [2.45, 2.75) is 80.9 Å². The highest BCUT2D eigenvalue weighted by atomic mass is 28.4. The summed E-state index contributed by atoms with van der Waals surface area (Å²) in [5.41, 5.74) is -7.51. The molecule has 0 rings (SSSR count). The van der Waals surface area contributed by atoms with Crippen LogP contribution in [0.4, 0.5) is 74.6 Å². The predicted octanol–water partition coefficient (Wildman–Crippen LogP) is 5.94. The molecule has 0 aliphatic carbocycles. The predicted molar refractivity (Wildman–Crippen MR) is 91.0 cm³/mol. The number of alkyl halides is 17. The Morgan fingerprint density at radius 2 is 0.750 bits per heavy atom. The number of halogens is 17. The molecule has 0 heterocycles. The fraction of sp³-hybridized carbons (Fsp3) is 0.812. The van der Waals surface area contributed by atoms with Gasteiger partial charge in [-0.2, -0.15) is 74.6 Å². The average Bonchev–Trinajstić information content (AvgIpc) is 2.69. The van der Waals surface area contributed by atoms with Crippen molar-refractivity contribution < 1.29 is 102 Å². The summed E-state index contributed by atoms with van der Waals surface area (Å²) in [7, 11) is -7.86. The van der Waals surface area contributed by atoms with E-state index in [1.807, 2.05) is 0 Å². The molecule has 0 aromatic rings. The molecular formula is C16H13F17O6Si. The van der Waals surface area contributed by atoms with Gasteiger partial charge in [0.1, 0.15) is 0 Å². The van der Waals surface area contributed by atoms with Crippen molar-refractivity contribution in [1.82, 2.24) is 0 Å². The molecule has 0 aromatic carbocycles. The third-order valence-electron chi connectivity index (χ3n) is 4.37. The Kier molecular flexibility index (Phi) is 10.0. The molecule has 0 unspecified atom stereocenters. The van der Waals surface area contributed by atoms with Crippen LogP contribution in [-0.4, -0.2) is 74.0 Å². The van der Waals surface area contributed by atoms with E-state index in [1.165, 1.54) is 0 Å². The lowest BCUT2D eigenvalue weighted by Crippen LogP contribution is -2.78. The monoisotopic (exact) mass is 652 g/mol. The van der Waals surface area contributed by atoms with Gasteiger partial charge in [0.2, 0.25) is 0 Å². The van der Waals surface area contributed by atoms with Crippen LogP contribution in [0, 0.1) is 0 Å². The first-order valence-corrected chi connectivity index (χ1v) is 11.2. The third kappa shape index (κ3) is 6.18. The van der Waals surface area contributed by atoms with Crippen LogP contribution in [-0.2, 0) is 27.7 Å². The van der Waals surface area contributed by atoms with Gasteiger partial charge in [0.05, 0.1) is 0 Å². The summed E-state index contributed by atoms with van der Waals surface area (Å²) in [5, 5.41) is 0. The first-order chi connectivity index (χ1) is 17.2. The molecule has 40 heavy (non-hydrogen) atoms. The van der Waals surface area contributed by atoms with Crippen LogP contribution in [0.5, 0.6) is 0 Å². The molecule has 0 amide bonds. The van der Waals surface area contributed by atoms with Crippen molar-refractivity contribution >= 4 is 26.7 Å². The maximum Gasteiger partial charge on any atom is 0.786 e. The highest BCUT2D eigenvalue weighted by molar-refractivity contribution is 6.68. The smallest absolute Gasteiger partial charge is 0.452 e. The lowest BCUT2D eigenvalue weighted by Gasteiger charge is -2.44. The Bertz CT molecular complexity index is 937. The molecule has 0 bridgehead atoms. The maximum absolute atomic E-state index is 14.8. The minimum atomic E-state index is -8.72. The molecule has 0 radical (unpaired) electrons. The second-order valence-electron chi connectivity index (χ2n) is 7.60. The zero-order valence-electron chi connectivity index (χ0n) is 19.3.